The summed E-state index contributed by atoms with van der Waals surface area (Å²) in [7, 11) is 0. The second-order valence-electron chi connectivity index (χ2n) is 13.0. The summed E-state index contributed by atoms with van der Waals surface area (Å²) in [5.41, 5.74) is 1.69. The number of carboxylic acids is 1. The molecule has 1 heterocycles. The minimum atomic E-state index is -6.99. The van der Waals surface area contributed by atoms with E-state index in [9.17, 15) is 59.6 Å². The van der Waals surface area contributed by atoms with Gasteiger partial charge in [0.05, 0.1) is 12.5 Å². The van der Waals surface area contributed by atoms with Gasteiger partial charge in [-0.2, -0.15) is 39.5 Å². The first-order chi connectivity index (χ1) is 22.8. The van der Waals surface area contributed by atoms with E-state index in [4.69, 9.17) is 4.74 Å². The lowest BCUT2D eigenvalue weighted by molar-refractivity contribution is -0.396. The normalized spacial score (nSPS) is 19.3. The molecule has 2 aromatic carbocycles. The number of alkyl halides is 9. The van der Waals surface area contributed by atoms with Crippen molar-refractivity contribution in [2.45, 2.75) is 126 Å². The molecule has 0 amide bonds. The van der Waals surface area contributed by atoms with Crippen LogP contribution >= 0.6 is 0 Å². The Labute approximate surface area is 279 Å². The number of phenolic OH excluding ortho intramolecular Hbond substituents is 2. The van der Waals surface area contributed by atoms with E-state index < -0.39 is 48.7 Å². The standard InChI is InChI=1S/C35H43F9O5/c1-2-19-31(24-12-14-25(45)15-13-24)22-49-29-21-26(46)16-17-27(29)28(31)11-9-7-5-3-4-6-8-10-23(30(47)48)18-20-32(36,37)33(38,39)34(40,41)35(42,43)44/h12-17,21,23,28,45-46H,2-11,18-20,22H2,1H3,(H,47,48). The minimum absolute atomic E-state index is 0.0707. The second kappa shape index (κ2) is 16.1. The summed E-state index contributed by atoms with van der Waals surface area (Å²) >= 11 is 0. The number of unbranched alkanes of at least 4 members (excludes halogenated alkanes) is 6. The number of ether oxygens (including phenoxy) is 1. The molecule has 276 valence electrons. The van der Waals surface area contributed by atoms with Gasteiger partial charge in [0.2, 0.25) is 0 Å². The Kier molecular flexibility index (Phi) is 13.2. The van der Waals surface area contributed by atoms with Crippen molar-refractivity contribution in [2.75, 3.05) is 6.61 Å². The Balaban J connectivity index is 1.50. The SMILES string of the molecule is CCCC1(c2ccc(O)cc2)COc2cc(O)ccc2C1CCCCCCCCCC(CCC(F)(F)C(F)(F)C(F)(F)C(F)(F)F)C(=O)O. The molecule has 14 heteroatoms. The molecular weight excluding hydrogens is 671 g/mol. The van der Waals surface area contributed by atoms with E-state index in [1.165, 1.54) is 0 Å². The molecule has 0 spiro atoms. The third-order valence-electron chi connectivity index (χ3n) is 9.57. The van der Waals surface area contributed by atoms with Gasteiger partial charge in [0, 0.05) is 23.8 Å². The molecule has 0 aliphatic carbocycles. The maximum absolute atomic E-state index is 13.9. The Hall–Kier alpha value is -3.32. The zero-order valence-corrected chi connectivity index (χ0v) is 27.2. The van der Waals surface area contributed by atoms with Gasteiger partial charge in [-0.15, -0.1) is 0 Å². The van der Waals surface area contributed by atoms with Crippen LogP contribution < -0.4 is 4.74 Å². The van der Waals surface area contributed by atoms with Crippen LogP contribution in [-0.2, 0) is 10.2 Å². The lowest BCUT2D eigenvalue weighted by atomic mass is 9.62. The number of hydrogen-bond acceptors (Lipinski definition) is 4. The van der Waals surface area contributed by atoms with Crippen LogP contribution in [0.5, 0.6) is 17.2 Å². The quantitative estimate of drug-likeness (QED) is 0.0996. The highest BCUT2D eigenvalue weighted by Crippen LogP contribution is 2.55. The molecular formula is C35H43F9O5. The van der Waals surface area contributed by atoms with E-state index in [-0.39, 0.29) is 35.7 Å². The monoisotopic (exact) mass is 714 g/mol. The highest BCUT2D eigenvalue weighted by molar-refractivity contribution is 5.69. The van der Waals surface area contributed by atoms with Crippen molar-refractivity contribution >= 4 is 5.97 Å². The lowest BCUT2D eigenvalue weighted by Gasteiger charge is -2.45. The summed E-state index contributed by atoms with van der Waals surface area (Å²) in [4.78, 5) is 11.5. The maximum atomic E-state index is 13.9. The van der Waals surface area contributed by atoms with Crippen LogP contribution in [0.15, 0.2) is 42.5 Å². The van der Waals surface area contributed by atoms with Crippen LogP contribution in [0.2, 0.25) is 0 Å². The van der Waals surface area contributed by atoms with Gasteiger partial charge < -0.3 is 20.1 Å². The van der Waals surface area contributed by atoms with Gasteiger partial charge in [0.15, 0.2) is 0 Å². The molecule has 3 unspecified atom stereocenters. The van der Waals surface area contributed by atoms with Crippen LogP contribution in [0, 0.1) is 5.92 Å². The highest BCUT2D eigenvalue weighted by Gasteiger charge is 2.81. The molecule has 3 rings (SSSR count). The number of fused-ring (bicyclic) bond motifs is 1. The second-order valence-corrected chi connectivity index (χ2v) is 13.0. The van der Waals surface area contributed by atoms with Crippen molar-refractivity contribution in [3.05, 3.63) is 53.6 Å². The number of phenols is 2. The van der Waals surface area contributed by atoms with Crippen LogP contribution in [0.1, 0.15) is 107 Å². The topological polar surface area (TPSA) is 87.0 Å². The first-order valence-electron chi connectivity index (χ1n) is 16.5. The molecule has 0 aromatic heterocycles. The number of aliphatic carboxylic acids is 1. The van der Waals surface area contributed by atoms with Crippen molar-refractivity contribution in [1.29, 1.82) is 0 Å². The molecule has 3 N–H and O–H groups in total. The zero-order chi connectivity index (χ0) is 36.7. The number of benzene rings is 2. The van der Waals surface area contributed by atoms with E-state index in [0.717, 1.165) is 56.1 Å². The number of aromatic hydroxyl groups is 2. The number of halogens is 9. The Morgan fingerprint density at radius 2 is 1.39 bits per heavy atom. The van der Waals surface area contributed by atoms with E-state index in [2.05, 4.69) is 6.92 Å². The van der Waals surface area contributed by atoms with E-state index in [1.807, 2.05) is 18.2 Å². The number of carbonyl (C=O) groups is 1. The molecule has 0 radical (unpaired) electrons. The summed E-state index contributed by atoms with van der Waals surface area (Å²) in [5, 5.41) is 29.2. The largest absolute Gasteiger partial charge is 0.508 e. The molecule has 1 aliphatic heterocycles. The average Bonchev–Trinajstić information content (AvgIpc) is 3.01. The predicted octanol–water partition coefficient (Wildman–Crippen LogP) is 10.8. The molecule has 0 fully saturated rings. The van der Waals surface area contributed by atoms with Gasteiger partial charge in [-0.05, 0) is 55.0 Å². The molecule has 5 nitrogen and oxygen atoms in total. The first kappa shape index (κ1) is 40.1. The van der Waals surface area contributed by atoms with Crippen LogP contribution in [0.3, 0.4) is 0 Å². The smallest absolute Gasteiger partial charge is 0.460 e. The third kappa shape index (κ3) is 9.08. The number of carboxylic acid groups (broad SMARTS) is 1. The summed E-state index contributed by atoms with van der Waals surface area (Å²) < 4.78 is 124. The first-order valence-corrected chi connectivity index (χ1v) is 16.5. The lowest BCUT2D eigenvalue weighted by Crippen LogP contribution is -2.60. The van der Waals surface area contributed by atoms with E-state index in [0.29, 0.717) is 25.2 Å². The van der Waals surface area contributed by atoms with Gasteiger partial charge in [-0.25, -0.2) is 0 Å². The molecule has 2 aromatic rings. The molecule has 49 heavy (non-hydrogen) atoms. The van der Waals surface area contributed by atoms with Gasteiger partial charge >= 0.3 is 29.9 Å². The van der Waals surface area contributed by atoms with E-state index in [1.54, 1.807) is 24.3 Å². The molecule has 1 aliphatic rings. The van der Waals surface area contributed by atoms with Crippen LogP contribution in [-0.4, -0.2) is 51.8 Å². The maximum Gasteiger partial charge on any atom is 0.460 e. The van der Waals surface area contributed by atoms with Gasteiger partial charge in [-0.3, -0.25) is 4.79 Å². The molecule has 0 saturated heterocycles. The van der Waals surface area contributed by atoms with Gasteiger partial charge in [0.25, 0.3) is 0 Å². The summed E-state index contributed by atoms with van der Waals surface area (Å²) in [5.74, 6) is -21.8. The fourth-order valence-electron chi connectivity index (χ4n) is 6.82. The summed E-state index contributed by atoms with van der Waals surface area (Å²) in [6, 6.07) is 12.3. The van der Waals surface area contributed by atoms with Crippen molar-refractivity contribution in [3.8, 4) is 17.2 Å². The van der Waals surface area contributed by atoms with Gasteiger partial charge in [0.1, 0.15) is 17.2 Å². The summed E-state index contributed by atoms with van der Waals surface area (Å²) in [6.45, 7) is 2.50. The molecule has 0 bridgehead atoms. The van der Waals surface area contributed by atoms with Crippen molar-refractivity contribution in [2.24, 2.45) is 5.92 Å². The van der Waals surface area contributed by atoms with Crippen molar-refractivity contribution < 1.29 is 64.4 Å². The van der Waals surface area contributed by atoms with Crippen molar-refractivity contribution in [3.63, 3.8) is 0 Å². The Morgan fingerprint density at radius 1 is 0.816 bits per heavy atom. The van der Waals surface area contributed by atoms with Gasteiger partial charge in [-0.1, -0.05) is 76.5 Å². The molecule has 3 atom stereocenters. The minimum Gasteiger partial charge on any atom is -0.508 e. The zero-order valence-electron chi connectivity index (χ0n) is 27.2. The highest BCUT2D eigenvalue weighted by atomic mass is 19.4. The van der Waals surface area contributed by atoms with Crippen molar-refractivity contribution in [1.82, 2.24) is 0 Å². The fourth-order valence-corrected chi connectivity index (χ4v) is 6.82. The predicted molar refractivity (Wildman–Crippen MR) is 164 cm³/mol. The fraction of sp³-hybridized carbons (Fsp3) is 0.629. The van der Waals surface area contributed by atoms with Crippen LogP contribution in [0.4, 0.5) is 39.5 Å². The number of hydrogen-bond donors (Lipinski definition) is 3. The summed E-state index contributed by atoms with van der Waals surface area (Å²) in [6.07, 6.45) is -3.23. The number of rotatable bonds is 19. The average molecular weight is 715 g/mol. The Bertz CT molecular complexity index is 1360. The molecule has 0 saturated carbocycles. The van der Waals surface area contributed by atoms with Crippen LogP contribution in [0.25, 0.3) is 0 Å². The third-order valence-corrected chi connectivity index (χ3v) is 9.57. The van der Waals surface area contributed by atoms with E-state index >= 15 is 0 Å². The Morgan fingerprint density at radius 3 is 1.96 bits per heavy atom.